The van der Waals surface area contributed by atoms with Crippen molar-refractivity contribution >= 4 is 16.8 Å². The highest BCUT2D eigenvalue weighted by Crippen LogP contribution is 2.49. The molecule has 5 rings (SSSR count). The van der Waals surface area contributed by atoms with Crippen molar-refractivity contribution in [1.29, 1.82) is 0 Å². The van der Waals surface area contributed by atoms with Crippen LogP contribution in [0.2, 0.25) is 0 Å². The summed E-state index contributed by atoms with van der Waals surface area (Å²) >= 11 is 0. The standard InChI is InChI=1S/C27H31N3O3/c1-17-5-7-20(33-16-19-9-12-30(19)3)13-23(17)26(31)29-27(10-11-27)24-14-21(32-4)15-25-22(24)8-6-18(2)28-25/h5-8,13-15,19H,9-12,16H2,1-4H3,(H,29,31)/t19-/m0/s1. The van der Waals surface area contributed by atoms with E-state index in [0.717, 1.165) is 65.0 Å². The maximum Gasteiger partial charge on any atom is 0.252 e. The molecule has 1 aliphatic heterocycles. The van der Waals surface area contributed by atoms with Crippen molar-refractivity contribution < 1.29 is 14.3 Å². The van der Waals surface area contributed by atoms with E-state index in [2.05, 4.69) is 28.3 Å². The minimum Gasteiger partial charge on any atom is -0.497 e. The van der Waals surface area contributed by atoms with E-state index in [4.69, 9.17) is 9.47 Å². The number of amides is 1. The number of nitrogens with one attached hydrogen (secondary N) is 1. The number of likely N-dealkylation sites (N-methyl/N-ethyl adjacent to an activating group) is 1. The molecule has 1 saturated carbocycles. The van der Waals surface area contributed by atoms with E-state index in [9.17, 15) is 4.79 Å². The van der Waals surface area contributed by atoms with E-state index in [1.165, 1.54) is 0 Å². The Morgan fingerprint density at radius 2 is 1.97 bits per heavy atom. The topological polar surface area (TPSA) is 63.7 Å². The van der Waals surface area contributed by atoms with Crippen molar-refractivity contribution in [3.63, 3.8) is 0 Å². The fraction of sp³-hybridized carbons (Fsp3) is 0.407. The monoisotopic (exact) mass is 445 g/mol. The maximum atomic E-state index is 13.4. The van der Waals surface area contributed by atoms with Crippen LogP contribution in [-0.4, -0.2) is 49.1 Å². The summed E-state index contributed by atoms with van der Waals surface area (Å²) in [5.74, 6) is 1.42. The molecule has 1 amide bonds. The molecule has 6 nitrogen and oxygen atoms in total. The number of nitrogens with zero attached hydrogens (tertiary/aromatic N) is 2. The SMILES string of the molecule is COc1cc(C2(NC(=O)c3cc(OC[C@@H]4CCN4C)ccc3C)CC2)c2ccc(C)nc2c1. The molecule has 1 aliphatic carbocycles. The Bertz CT molecular complexity index is 1220. The molecule has 6 heteroatoms. The molecule has 1 N–H and O–H groups in total. The van der Waals surface area contributed by atoms with Gasteiger partial charge in [-0.25, -0.2) is 0 Å². The van der Waals surface area contributed by atoms with E-state index in [1.54, 1.807) is 7.11 Å². The van der Waals surface area contributed by atoms with Gasteiger partial charge in [-0.2, -0.15) is 0 Å². The van der Waals surface area contributed by atoms with Crippen LogP contribution in [0, 0.1) is 13.8 Å². The molecule has 2 fully saturated rings. The largest absolute Gasteiger partial charge is 0.497 e. The Balaban J connectivity index is 1.41. The van der Waals surface area contributed by atoms with Gasteiger partial charge in [-0.15, -0.1) is 0 Å². The van der Waals surface area contributed by atoms with Crippen molar-refractivity contribution in [3.05, 3.63) is 64.8 Å². The molecule has 1 saturated heterocycles. The molecule has 3 aromatic rings. The predicted molar refractivity (Wildman–Crippen MR) is 129 cm³/mol. The second-order valence-electron chi connectivity index (χ2n) is 9.44. The van der Waals surface area contributed by atoms with Crippen LogP contribution < -0.4 is 14.8 Å². The molecule has 1 aromatic heterocycles. The van der Waals surface area contributed by atoms with Crippen LogP contribution in [0.4, 0.5) is 0 Å². The number of likely N-dealkylation sites (tertiary alicyclic amines) is 1. The van der Waals surface area contributed by atoms with Crippen LogP contribution >= 0.6 is 0 Å². The molecule has 0 spiro atoms. The second-order valence-corrected chi connectivity index (χ2v) is 9.44. The zero-order valence-electron chi connectivity index (χ0n) is 19.8. The zero-order chi connectivity index (χ0) is 23.2. The van der Waals surface area contributed by atoms with E-state index >= 15 is 0 Å². The molecular formula is C27H31N3O3. The van der Waals surface area contributed by atoms with Crippen molar-refractivity contribution in [2.45, 2.75) is 44.7 Å². The average molecular weight is 446 g/mol. The van der Waals surface area contributed by atoms with Crippen LogP contribution in [0.3, 0.4) is 0 Å². The summed E-state index contributed by atoms with van der Waals surface area (Å²) in [5.41, 5.74) is 4.09. The number of rotatable bonds is 7. The minimum absolute atomic E-state index is 0.0766. The number of pyridine rings is 1. The first kappa shape index (κ1) is 21.7. The number of hydrogen-bond donors (Lipinski definition) is 1. The first-order chi connectivity index (χ1) is 15.9. The Hall–Kier alpha value is -3.12. The Labute approximate surface area is 194 Å². The molecule has 2 aliphatic rings. The van der Waals surface area contributed by atoms with Gasteiger partial charge in [0, 0.05) is 28.8 Å². The zero-order valence-corrected chi connectivity index (χ0v) is 19.8. The number of hydrogen-bond acceptors (Lipinski definition) is 5. The Kier molecular flexibility index (Phi) is 5.49. The summed E-state index contributed by atoms with van der Waals surface area (Å²) in [4.78, 5) is 20.4. The van der Waals surface area contributed by atoms with Crippen molar-refractivity contribution in [1.82, 2.24) is 15.2 Å². The predicted octanol–water partition coefficient (Wildman–Crippen LogP) is 4.36. The number of ether oxygens (including phenoxy) is 2. The van der Waals surface area contributed by atoms with Crippen molar-refractivity contribution in [2.75, 3.05) is 27.3 Å². The van der Waals surface area contributed by atoms with Gasteiger partial charge in [0.2, 0.25) is 0 Å². The first-order valence-electron chi connectivity index (χ1n) is 11.6. The number of carbonyl (C=O) groups is 1. The van der Waals surface area contributed by atoms with Crippen LogP contribution in [0.15, 0.2) is 42.5 Å². The number of fused-ring (bicyclic) bond motifs is 1. The summed E-state index contributed by atoms with van der Waals surface area (Å²) < 4.78 is 11.6. The fourth-order valence-electron chi connectivity index (χ4n) is 4.60. The number of carbonyl (C=O) groups excluding carboxylic acids is 1. The summed E-state index contributed by atoms with van der Waals surface area (Å²) in [6, 6.07) is 14.3. The third-order valence-corrected chi connectivity index (χ3v) is 7.11. The third-order valence-electron chi connectivity index (χ3n) is 7.11. The van der Waals surface area contributed by atoms with Gasteiger partial charge in [-0.1, -0.05) is 12.1 Å². The highest BCUT2D eigenvalue weighted by Gasteiger charge is 2.47. The van der Waals surface area contributed by atoms with E-state index < -0.39 is 5.54 Å². The van der Waals surface area contributed by atoms with Crippen LogP contribution in [-0.2, 0) is 5.54 Å². The molecule has 2 aromatic carbocycles. The smallest absolute Gasteiger partial charge is 0.252 e. The van der Waals surface area contributed by atoms with Gasteiger partial charge in [0.05, 0.1) is 18.2 Å². The highest BCUT2D eigenvalue weighted by molar-refractivity contribution is 5.97. The molecular weight excluding hydrogens is 414 g/mol. The lowest BCUT2D eigenvalue weighted by Crippen LogP contribution is -2.48. The Morgan fingerprint density at radius 3 is 2.64 bits per heavy atom. The highest BCUT2D eigenvalue weighted by atomic mass is 16.5. The summed E-state index contributed by atoms with van der Waals surface area (Å²) in [6.07, 6.45) is 2.93. The molecule has 0 bridgehead atoms. The summed E-state index contributed by atoms with van der Waals surface area (Å²) in [6.45, 7) is 5.71. The number of methoxy groups -OCH3 is 1. The van der Waals surface area contributed by atoms with Gasteiger partial charge in [0.25, 0.3) is 5.91 Å². The van der Waals surface area contributed by atoms with Gasteiger partial charge < -0.3 is 14.8 Å². The van der Waals surface area contributed by atoms with Crippen molar-refractivity contribution in [3.8, 4) is 11.5 Å². The van der Waals surface area contributed by atoms with E-state index in [-0.39, 0.29) is 5.91 Å². The number of benzene rings is 2. The molecule has 2 heterocycles. The first-order valence-corrected chi connectivity index (χ1v) is 11.6. The molecule has 1 atom stereocenters. The lowest BCUT2D eigenvalue weighted by Gasteiger charge is -2.37. The van der Waals surface area contributed by atoms with Gasteiger partial charge in [-0.3, -0.25) is 14.7 Å². The number of aryl methyl sites for hydroxylation is 2. The van der Waals surface area contributed by atoms with E-state index in [1.807, 2.05) is 50.2 Å². The minimum atomic E-state index is -0.404. The van der Waals surface area contributed by atoms with Crippen LogP contribution in [0.1, 0.15) is 46.4 Å². The molecule has 33 heavy (non-hydrogen) atoms. The number of aromatic nitrogens is 1. The van der Waals surface area contributed by atoms with Gasteiger partial charge in [-0.05, 0) is 82.1 Å². The Morgan fingerprint density at radius 1 is 1.15 bits per heavy atom. The summed E-state index contributed by atoms with van der Waals surface area (Å²) in [7, 11) is 3.77. The maximum absolute atomic E-state index is 13.4. The molecule has 172 valence electrons. The molecule has 0 unspecified atom stereocenters. The molecule has 0 radical (unpaired) electrons. The fourth-order valence-corrected chi connectivity index (χ4v) is 4.60. The van der Waals surface area contributed by atoms with Crippen molar-refractivity contribution in [2.24, 2.45) is 0 Å². The van der Waals surface area contributed by atoms with E-state index in [0.29, 0.717) is 18.2 Å². The average Bonchev–Trinajstić information content (AvgIpc) is 3.58. The normalized spacial score (nSPS) is 19.1. The van der Waals surface area contributed by atoms with Crippen LogP contribution in [0.5, 0.6) is 11.5 Å². The van der Waals surface area contributed by atoms with Gasteiger partial charge in [0.1, 0.15) is 18.1 Å². The quantitative estimate of drug-likeness (QED) is 0.585. The lowest BCUT2D eigenvalue weighted by molar-refractivity contribution is 0.0767. The lowest BCUT2D eigenvalue weighted by atomic mass is 9.97. The third kappa shape index (κ3) is 4.15. The second kappa shape index (κ2) is 8.34. The van der Waals surface area contributed by atoms with Gasteiger partial charge in [0.15, 0.2) is 0 Å². The summed E-state index contributed by atoms with van der Waals surface area (Å²) in [5, 5.41) is 4.39. The van der Waals surface area contributed by atoms with Gasteiger partial charge >= 0.3 is 0 Å². The van der Waals surface area contributed by atoms with Crippen LogP contribution in [0.25, 0.3) is 10.9 Å².